The molecule has 0 bridgehead atoms. The van der Waals surface area contributed by atoms with E-state index in [0.29, 0.717) is 0 Å². The first kappa shape index (κ1) is 13.9. The molecule has 114 valence electrons. The number of aliphatic hydroxyl groups is 3. The molecule has 2 aliphatic rings. The highest BCUT2D eigenvalue weighted by molar-refractivity contribution is 6.07. The topological polar surface area (TPSA) is 146 Å². The number of anilines is 1. The number of hydrogen-bond acceptors (Lipinski definition) is 7. The van der Waals surface area contributed by atoms with Crippen LogP contribution >= 0.6 is 0 Å². The van der Waals surface area contributed by atoms with Gasteiger partial charge in [0, 0.05) is 0 Å². The quantitative estimate of drug-likeness (QED) is 0.417. The van der Waals surface area contributed by atoms with Crippen LogP contribution in [-0.2, 0) is 4.74 Å². The number of rotatable bonds is 2. The molecule has 0 radical (unpaired) electrons. The number of imidazole rings is 1. The van der Waals surface area contributed by atoms with Gasteiger partial charge < -0.3 is 25.4 Å². The maximum atomic E-state index is 11.8. The first-order valence-electron chi connectivity index (χ1n) is 6.30. The molecule has 0 aromatic carbocycles. The average molecular weight is 298 g/mol. The third-order valence-corrected chi connectivity index (χ3v) is 3.49. The number of aromatic nitrogens is 2. The number of carbonyl (C=O) groups excluding carboxylic acids is 2. The number of hydrogen-bond donors (Lipinski definition) is 5. The Hall–Kier alpha value is -2.01. The predicted octanol–water partition coefficient (Wildman–Crippen LogP) is -2.19. The van der Waals surface area contributed by atoms with Crippen LogP contribution in [0.25, 0.3) is 0 Å². The molecular formula is C11H14N4O6. The van der Waals surface area contributed by atoms with Crippen LogP contribution in [0.3, 0.4) is 0 Å². The van der Waals surface area contributed by atoms with Crippen molar-refractivity contribution < 1.29 is 29.6 Å². The third kappa shape index (κ3) is 2.17. The molecule has 1 aromatic rings. The van der Waals surface area contributed by atoms with Crippen LogP contribution in [0.4, 0.5) is 10.6 Å². The Morgan fingerprint density at radius 1 is 1.38 bits per heavy atom. The molecule has 21 heavy (non-hydrogen) atoms. The Kier molecular flexibility index (Phi) is 3.37. The molecule has 1 unspecified atom stereocenters. The number of amides is 2. The summed E-state index contributed by atoms with van der Waals surface area (Å²) in [5.41, 5.74) is 0.0334. The van der Waals surface area contributed by atoms with Crippen molar-refractivity contribution in [3.05, 3.63) is 12.0 Å². The molecule has 10 heteroatoms. The molecule has 1 fully saturated rings. The van der Waals surface area contributed by atoms with Crippen molar-refractivity contribution in [3.63, 3.8) is 0 Å². The second kappa shape index (κ2) is 5.07. The van der Waals surface area contributed by atoms with Crippen LogP contribution < -0.4 is 10.6 Å². The number of ketones is 1. The fourth-order valence-electron chi connectivity index (χ4n) is 2.39. The average Bonchev–Trinajstić information content (AvgIpc) is 2.95. The third-order valence-electron chi connectivity index (χ3n) is 3.49. The van der Waals surface area contributed by atoms with Gasteiger partial charge in [0.05, 0.1) is 19.5 Å². The summed E-state index contributed by atoms with van der Waals surface area (Å²) in [6.07, 6.45) is -3.41. The lowest BCUT2D eigenvalue weighted by molar-refractivity contribution is -0.0518. The van der Waals surface area contributed by atoms with E-state index in [1.165, 1.54) is 10.9 Å². The van der Waals surface area contributed by atoms with Crippen molar-refractivity contribution >= 4 is 17.6 Å². The second-order valence-electron chi connectivity index (χ2n) is 4.81. The predicted molar refractivity (Wildman–Crippen MR) is 66.6 cm³/mol. The smallest absolute Gasteiger partial charge is 0.320 e. The van der Waals surface area contributed by atoms with E-state index in [-0.39, 0.29) is 18.1 Å². The monoisotopic (exact) mass is 298 g/mol. The fourth-order valence-corrected chi connectivity index (χ4v) is 2.39. The Balaban J connectivity index is 1.97. The van der Waals surface area contributed by atoms with E-state index in [4.69, 9.17) is 9.84 Å². The number of Topliss-reactive ketones (excluding diaryl/α,β-unsaturated/α-hetero) is 1. The normalized spacial score (nSPS) is 32.3. The van der Waals surface area contributed by atoms with Crippen LogP contribution in [0.2, 0.25) is 0 Å². The summed E-state index contributed by atoms with van der Waals surface area (Å²) in [4.78, 5) is 27.2. The molecule has 0 spiro atoms. The van der Waals surface area contributed by atoms with E-state index in [2.05, 4.69) is 15.6 Å². The Bertz CT molecular complexity index is 587. The second-order valence-corrected chi connectivity index (χ2v) is 4.81. The van der Waals surface area contributed by atoms with Crippen LogP contribution in [-0.4, -0.2) is 68.1 Å². The number of urea groups is 1. The highest BCUT2D eigenvalue weighted by Gasteiger charge is 2.44. The zero-order valence-corrected chi connectivity index (χ0v) is 10.8. The minimum atomic E-state index is -1.33. The fraction of sp³-hybridized carbons (Fsp3) is 0.545. The maximum Gasteiger partial charge on any atom is 0.320 e. The summed E-state index contributed by atoms with van der Waals surface area (Å²) in [5, 5.41) is 33.6. The van der Waals surface area contributed by atoms with Crippen molar-refractivity contribution in [3.8, 4) is 0 Å². The summed E-state index contributed by atoms with van der Waals surface area (Å²) in [5.74, 6) is -0.321. The Morgan fingerprint density at radius 3 is 2.81 bits per heavy atom. The highest BCUT2D eigenvalue weighted by atomic mass is 16.6. The lowest BCUT2D eigenvalue weighted by Crippen LogP contribution is -2.33. The Labute approximate surface area is 118 Å². The van der Waals surface area contributed by atoms with Gasteiger partial charge in [-0.2, -0.15) is 0 Å². The number of aliphatic hydroxyl groups excluding tert-OH is 3. The zero-order valence-electron chi connectivity index (χ0n) is 10.8. The van der Waals surface area contributed by atoms with Crippen LogP contribution in [0.15, 0.2) is 6.33 Å². The first-order valence-corrected chi connectivity index (χ1v) is 6.30. The molecule has 10 nitrogen and oxygen atoms in total. The van der Waals surface area contributed by atoms with Crippen LogP contribution in [0.1, 0.15) is 16.7 Å². The van der Waals surface area contributed by atoms with Gasteiger partial charge in [-0.25, -0.2) is 9.78 Å². The van der Waals surface area contributed by atoms with Gasteiger partial charge in [0.2, 0.25) is 5.78 Å². The maximum absolute atomic E-state index is 11.8. The van der Waals surface area contributed by atoms with Gasteiger partial charge in [-0.05, 0) is 0 Å². The van der Waals surface area contributed by atoms with Crippen molar-refractivity contribution in [2.24, 2.45) is 0 Å². The zero-order chi connectivity index (χ0) is 15.1. The number of nitrogens with one attached hydrogen (secondary N) is 2. The van der Waals surface area contributed by atoms with Gasteiger partial charge >= 0.3 is 6.03 Å². The van der Waals surface area contributed by atoms with E-state index in [1.807, 2.05) is 0 Å². The summed E-state index contributed by atoms with van der Waals surface area (Å²) < 4.78 is 6.60. The Morgan fingerprint density at radius 2 is 2.14 bits per heavy atom. The van der Waals surface area contributed by atoms with E-state index in [0.717, 1.165) is 0 Å². The van der Waals surface area contributed by atoms with Crippen molar-refractivity contribution in [2.45, 2.75) is 24.5 Å². The lowest BCUT2D eigenvalue weighted by atomic mass is 10.1. The largest absolute Gasteiger partial charge is 0.394 e. The number of nitrogens with zero attached hydrogens (tertiary/aromatic N) is 2. The molecule has 2 amide bonds. The van der Waals surface area contributed by atoms with Crippen molar-refractivity contribution in [1.82, 2.24) is 14.9 Å². The molecule has 0 saturated carbocycles. The van der Waals surface area contributed by atoms with Gasteiger partial charge in [-0.15, -0.1) is 0 Å². The van der Waals surface area contributed by atoms with Crippen molar-refractivity contribution in [2.75, 3.05) is 18.5 Å². The summed E-state index contributed by atoms with van der Waals surface area (Å²) in [6, 6.07) is -0.587. The molecule has 4 atom stereocenters. The number of ether oxygens (including phenoxy) is 1. The van der Waals surface area contributed by atoms with Gasteiger partial charge in [0.25, 0.3) is 0 Å². The van der Waals surface area contributed by atoms with E-state index >= 15 is 0 Å². The molecule has 0 aliphatic carbocycles. The van der Waals surface area contributed by atoms with E-state index in [9.17, 15) is 19.8 Å². The summed E-state index contributed by atoms with van der Waals surface area (Å²) >= 11 is 0. The SMILES string of the molecule is O=C1NCC(=O)c2ncn(C3O[C@H](CO)[C@@H](O)[C@H]3O)c2N1. The van der Waals surface area contributed by atoms with Crippen molar-refractivity contribution in [1.29, 1.82) is 0 Å². The molecule has 5 N–H and O–H groups in total. The molecule has 1 aromatic heterocycles. The van der Waals surface area contributed by atoms with Crippen LogP contribution in [0, 0.1) is 0 Å². The first-order chi connectivity index (χ1) is 10.0. The standard InChI is InChI=1S/C11H14N4O6/c16-2-5-7(18)8(19)10(21-5)15-3-13-6-4(17)1-12-11(20)14-9(6)15/h3,5,7-8,10,16,18-19H,1-2H2,(H2,12,14,20)/t5-,7-,8-,10?/m1/s1. The molecular weight excluding hydrogens is 284 g/mol. The minimum Gasteiger partial charge on any atom is -0.394 e. The van der Waals surface area contributed by atoms with Gasteiger partial charge in [-0.1, -0.05) is 0 Å². The molecule has 3 rings (SSSR count). The molecule has 3 heterocycles. The van der Waals surface area contributed by atoms with Crippen LogP contribution in [0.5, 0.6) is 0 Å². The number of fused-ring (bicyclic) bond motifs is 1. The van der Waals surface area contributed by atoms with E-state index in [1.54, 1.807) is 0 Å². The minimum absolute atomic E-state index is 0.0334. The van der Waals surface area contributed by atoms with E-state index < -0.39 is 43.0 Å². The number of carbonyl (C=O) groups is 2. The molecule has 1 saturated heterocycles. The van der Waals surface area contributed by atoms with Gasteiger partial charge in [0.15, 0.2) is 11.9 Å². The lowest BCUT2D eigenvalue weighted by Gasteiger charge is -2.18. The highest BCUT2D eigenvalue weighted by Crippen LogP contribution is 2.33. The summed E-state index contributed by atoms with van der Waals surface area (Å²) in [7, 11) is 0. The molecule has 2 aliphatic heterocycles. The van der Waals surface area contributed by atoms with Gasteiger partial charge in [-0.3, -0.25) is 14.7 Å². The summed E-state index contributed by atoms with van der Waals surface area (Å²) in [6.45, 7) is -0.662. The van der Waals surface area contributed by atoms with Gasteiger partial charge in [0.1, 0.15) is 24.1 Å².